The van der Waals surface area contributed by atoms with Crippen LogP contribution in [0.1, 0.15) is 12.0 Å². The van der Waals surface area contributed by atoms with Crippen LogP contribution in [-0.4, -0.2) is 49.6 Å². The van der Waals surface area contributed by atoms with E-state index in [0.717, 1.165) is 15.4 Å². The van der Waals surface area contributed by atoms with E-state index in [-0.39, 0.29) is 0 Å². The van der Waals surface area contributed by atoms with E-state index < -0.39 is 0 Å². The third-order valence-corrected chi connectivity index (χ3v) is 4.37. The lowest BCUT2D eigenvalue weighted by atomic mass is 10.1. The molecule has 0 atom stereocenters. The van der Waals surface area contributed by atoms with Gasteiger partial charge in [-0.05, 0) is 50.2 Å². The van der Waals surface area contributed by atoms with Gasteiger partial charge in [0.25, 0.3) is 0 Å². The van der Waals surface area contributed by atoms with Crippen LogP contribution in [-0.2, 0) is 6.42 Å². The zero-order valence-corrected chi connectivity index (χ0v) is 14.0. The first-order valence-electron chi connectivity index (χ1n) is 6.49. The molecule has 1 saturated heterocycles. The van der Waals surface area contributed by atoms with Crippen LogP contribution in [0.25, 0.3) is 0 Å². The van der Waals surface area contributed by atoms with Crippen molar-refractivity contribution >= 4 is 31.9 Å². The molecule has 18 heavy (non-hydrogen) atoms. The number of rotatable bonds is 4. The van der Waals surface area contributed by atoms with Crippen molar-refractivity contribution in [3.8, 4) is 0 Å². The molecule has 0 bridgehead atoms. The third-order valence-electron chi connectivity index (χ3n) is 3.46. The molecule has 1 fully saturated rings. The summed E-state index contributed by atoms with van der Waals surface area (Å²) in [6.07, 6.45) is 2.40. The second-order valence-corrected chi connectivity index (χ2v) is 6.86. The first kappa shape index (κ1) is 14.5. The summed E-state index contributed by atoms with van der Waals surface area (Å²) in [6, 6.07) is 6.52. The molecule has 0 saturated carbocycles. The molecule has 0 aliphatic carbocycles. The van der Waals surface area contributed by atoms with Crippen LogP contribution in [0.15, 0.2) is 27.1 Å². The van der Waals surface area contributed by atoms with Gasteiger partial charge >= 0.3 is 0 Å². The lowest BCUT2D eigenvalue weighted by molar-refractivity contribution is 0.153. The molecule has 0 amide bonds. The molecule has 0 aromatic heterocycles. The molecule has 2 nitrogen and oxygen atoms in total. The summed E-state index contributed by atoms with van der Waals surface area (Å²) in [5.41, 5.74) is 1.41. The number of hydrogen-bond acceptors (Lipinski definition) is 2. The topological polar surface area (TPSA) is 6.48 Å². The monoisotopic (exact) mass is 374 g/mol. The predicted octanol–water partition coefficient (Wildman–Crippen LogP) is 3.39. The fraction of sp³-hybridized carbons (Fsp3) is 0.571. The smallest absolute Gasteiger partial charge is 0.0189 e. The normalized spacial score (nSPS) is 18.2. The average Bonchev–Trinajstić information content (AvgIpc) is 2.30. The molecule has 1 aromatic carbocycles. The Labute approximate surface area is 127 Å². The molecule has 0 spiro atoms. The van der Waals surface area contributed by atoms with Crippen molar-refractivity contribution in [1.29, 1.82) is 0 Å². The highest BCUT2D eigenvalue weighted by Crippen LogP contribution is 2.21. The Morgan fingerprint density at radius 2 is 1.61 bits per heavy atom. The van der Waals surface area contributed by atoms with E-state index in [9.17, 15) is 0 Å². The van der Waals surface area contributed by atoms with Crippen molar-refractivity contribution in [2.24, 2.45) is 0 Å². The number of hydrogen-bond donors (Lipinski definition) is 0. The van der Waals surface area contributed by atoms with Gasteiger partial charge in [-0.15, -0.1) is 0 Å². The Bertz CT molecular complexity index is 367. The number of benzene rings is 1. The lowest BCUT2D eigenvalue weighted by Gasteiger charge is -2.32. The summed E-state index contributed by atoms with van der Waals surface area (Å²) in [5, 5.41) is 0. The van der Waals surface area contributed by atoms with Crippen molar-refractivity contribution in [3.63, 3.8) is 0 Å². The maximum absolute atomic E-state index is 3.54. The lowest BCUT2D eigenvalue weighted by Crippen LogP contribution is -2.44. The molecular formula is C14H20Br2N2. The second-order valence-electron chi connectivity index (χ2n) is 5.03. The average molecular weight is 376 g/mol. The largest absolute Gasteiger partial charge is 0.304 e. The van der Waals surface area contributed by atoms with Crippen LogP contribution in [0.5, 0.6) is 0 Å². The van der Waals surface area contributed by atoms with Gasteiger partial charge in [-0.1, -0.05) is 31.9 Å². The van der Waals surface area contributed by atoms with Gasteiger partial charge in [-0.2, -0.15) is 0 Å². The third kappa shape index (κ3) is 4.65. The molecule has 0 unspecified atom stereocenters. The highest BCUT2D eigenvalue weighted by atomic mass is 79.9. The van der Waals surface area contributed by atoms with Crippen LogP contribution in [0.3, 0.4) is 0 Å². The van der Waals surface area contributed by atoms with Crippen LogP contribution in [0, 0.1) is 0 Å². The maximum Gasteiger partial charge on any atom is 0.0189 e. The van der Waals surface area contributed by atoms with E-state index in [1.165, 1.54) is 44.7 Å². The number of likely N-dealkylation sites (N-methyl/N-ethyl adjacent to an activating group) is 1. The van der Waals surface area contributed by atoms with E-state index in [1.54, 1.807) is 0 Å². The highest BCUT2D eigenvalue weighted by Gasteiger charge is 2.12. The van der Waals surface area contributed by atoms with Crippen molar-refractivity contribution in [2.75, 3.05) is 39.8 Å². The number of nitrogens with zero attached hydrogens (tertiary/aromatic N) is 2. The van der Waals surface area contributed by atoms with Crippen LogP contribution in [0.2, 0.25) is 0 Å². The van der Waals surface area contributed by atoms with E-state index in [0.29, 0.717) is 0 Å². The highest BCUT2D eigenvalue weighted by molar-refractivity contribution is 9.11. The Morgan fingerprint density at radius 1 is 1.00 bits per heavy atom. The summed E-state index contributed by atoms with van der Waals surface area (Å²) < 4.78 is 2.32. The summed E-state index contributed by atoms with van der Waals surface area (Å²) >= 11 is 7.08. The summed E-state index contributed by atoms with van der Waals surface area (Å²) in [6.45, 7) is 6.08. The van der Waals surface area contributed by atoms with Crippen molar-refractivity contribution < 1.29 is 0 Å². The fourth-order valence-corrected chi connectivity index (χ4v) is 3.72. The van der Waals surface area contributed by atoms with Gasteiger partial charge in [0, 0.05) is 35.1 Å². The Hall–Kier alpha value is 0.1000. The first-order chi connectivity index (χ1) is 8.63. The summed E-state index contributed by atoms with van der Waals surface area (Å²) in [5.74, 6) is 0. The summed E-state index contributed by atoms with van der Waals surface area (Å²) in [4.78, 5) is 4.98. The van der Waals surface area contributed by atoms with E-state index >= 15 is 0 Å². The zero-order valence-electron chi connectivity index (χ0n) is 10.8. The predicted molar refractivity (Wildman–Crippen MR) is 84.1 cm³/mol. The van der Waals surface area contributed by atoms with Crippen molar-refractivity contribution in [3.05, 3.63) is 32.7 Å². The van der Waals surface area contributed by atoms with Crippen LogP contribution >= 0.6 is 31.9 Å². The molecule has 100 valence electrons. The Morgan fingerprint density at radius 3 is 2.22 bits per heavy atom. The molecule has 1 aliphatic rings. The fourth-order valence-electron chi connectivity index (χ4n) is 2.33. The second kappa shape index (κ2) is 7.04. The van der Waals surface area contributed by atoms with Gasteiger partial charge in [0.15, 0.2) is 0 Å². The standard InChI is InChI=1S/C14H20Br2N2/c1-17-5-7-18(8-6-17)4-2-3-12-9-13(15)11-14(16)10-12/h9-11H,2-8H2,1H3. The minimum atomic E-state index is 1.16. The quantitative estimate of drug-likeness (QED) is 0.795. The Balaban J connectivity index is 1.74. The molecule has 1 heterocycles. The summed E-state index contributed by atoms with van der Waals surface area (Å²) in [7, 11) is 2.20. The van der Waals surface area contributed by atoms with Gasteiger partial charge in [0.2, 0.25) is 0 Å². The van der Waals surface area contributed by atoms with Gasteiger partial charge < -0.3 is 9.80 Å². The molecule has 4 heteroatoms. The molecule has 1 aromatic rings. The van der Waals surface area contributed by atoms with E-state index in [4.69, 9.17) is 0 Å². The van der Waals surface area contributed by atoms with E-state index in [1.807, 2.05) is 0 Å². The minimum absolute atomic E-state index is 1.16. The maximum atomic E-state index is 3.54. The van der Waals surface area contributed by atoms with Gasteiger partial charge in [-0.25, -0.2) is 0 Å². The molecule has 1 aliphatic heterocycles. The molecule has 2 rings (SSSR count). The Kier molecular flexibility index (Phi) is 5.67. The number of aryl methyl sites for hydroxylation is 1. The number of piperazine rings is 1. The zero-order chi connectivity index (χ0) is 13.0. The molecule has 0 N–H and O–H groups in total. The van der Waals surface area contributed by atoms with Crippen LogP contribution in [0.4, 0.5) is 0 Å². The minimum Gasteiger partial charge on any atom is -0.304 e. The van der Waals surface area contributed by atoms with Crippen molar-refractivity contribution in [2.45, 2.75) is 12.8 Å². The van der Waals surface area contributed by atoms with E-state index in [2.05, 4.69) is 66.9 Å². The molecular weight excluding hydrogens is 356 g/mol. The molecule has 0 radical (unpaired) electrons. The first-order valence-corrected chi connectivity index (χ1v) is 8.08. The SMILES string of the molecule is CN1CCN(CCCc2cc(Br)cc(Br)c2)CC1. The number of halogens is 2. The van der Waals surface area contributed by atoms with Gasteiger partial charge in [-0.3, -0.25) is 0 Å². The van der Waals surface area contributed by atoms with Gasteiger partial charge in [0.05, 0.1) is 0 Å². The van der Waals surface area contributed by atoms with Crippen LogP contribution < -0.4 is 0 Å². The van der Waals surface area contributed by atoms with Gasteiger partial charge in [0.1, 0.15) is 0 Å². The van der Waals surface area contributed by atoms with Crippen molar-refractivity contribution in [1.82, 2.24) is 9.80 Å².